The Morgan fingerprint density at radius 1 is 0.966 bits per heavy atom. The summed E-state index contributed by atoms with van der Waals surface area (Å²) in [7, 11) is 0. The van der Waals surface area contributed by atoms with Crippen molar-refractivity contribution >= 4 is 35.2 Å². The lowest BCUT2D eigenvalue weighted by molar-refractivity contribution is -0.128. The fourth-order valence-electron chi connectivity index (χ4n) is 4.03. The van der Waals surface area contributed by atoms with E-state index in [0.29, 0.717) is 10.8 Å². The minimum atomic E-state index is 0.195. The van der Waals surface area contributed by atoms with E-state index in [1.807, 2.05) is 33.7 Å². The average Bonchev–Trinajstić information content (AvgIpc) is 3.35. The lowest BCUT2D eigenvalue weighted by atomic mass is 10.1. The van der Waals surface area contributed by atoms with Crippen molar-refractivity contribution in [3.05, 3.63) is 29.3 Å². The van der Waals surface area contributed by atoms with E-state index in [-0.39, 0.29) is 5.91 Å². The van der Waals surface area contributed by atoms with Gasteiger partial charge in [-0.15, -0.1) is 10.2 Å². The van der Waals surface area contributed by atoms with Crippen LogP contribution in [0.2, 0.25) is 5.02 Å². The molecule has 2 aromatic rings. The molecule has 2 saturated heterocycles. The molecule has 0 radical (unpaired) electrons. The molecule has 0 spiro atoms. The molecule has 29 heavy (non-hydrogen) atoms. The topological polar surface area (TPSA) is 54.3 Å². The zero-order valence-electron chi connectivity index (χ0n) is 16.7. The van der Waals surface area contributed by atoms with Gasteiger partial charge in [0.25, 0.3) is 0 Å². The predicted octanol–water partition coefficient (Wildman–Crippen LogP) is 4.41. The Morgan fingerprint density at radius 2 is 1.66 bits per heavy atom. The van der Waals surface area contributed by atoms with Gasteiger partial charge in [0, 0.05) is 31.2 Å². The molecule has 0 N–H and O–H groups in total. The van der Waals surface area contributed by atoms with E-state index in [4.69, 9.17) is 11.6 Å². The van der Waals surface area contributed by atoms with E-state index >= 15 is 0 Å². The van der Waals surface area contributed by atoms with Crippen molar-refractivity contribution in [2.75, 3.05) is 36.8 Å². The summed E-state index contributed by atoms with van der Waals surface area (Å²) in [6.07, 6.45) is 8.27. The number of hydrogen-bond acceptors (Lipinski definition) is 5. The van der Waals surface area contributed by atoms with Crippen molar-refractivity contribution in [1.29, 1.82) is 0 Å². The van der Waals surface area contributed by atoms with Crippen molar-refractivity contribution in [3.63, 3.8) is 0 Å². The van der Waals surface area contributed by atoms with Crippen LogP contribution in [0.1, 0.15) is 44.9 Å². The molecule has 0 aliphatic carbocycles. The monoisotopic (exact) mass is 433 g/mol. The fraction of sp³-hybridized carbons (Fsp3) is 0.571. The second-order valence-corrected chi connectivity index (χ2v) is 9.11. The Labute approximate surface area is 181 Å². The van der Waals surface area contributed by atoms with E-state index in [1.165, 1.54) is 43.9 Å². The molecule has 2 aliphatic rings. The molecule has 0 saturated carbocycles. The van der Waals surface area contributed by atoms with Gasteiger partial charge >= 0.3 is 0 Å². The maximum Gasteiger partial charge on any atom is 0.233 e. The number of anilines is 1. The third kappa shape index (κ3) is 5.07. The Balaban J connectivity index is 1.53. The number of likely N-dealkylation sites (tertiary alicyclic amines) is 1. The van der Waals surface area contributed by atoms with Crippen LogP contribution in [0.15, 0.2) is 29.4 Å². The van der Waals surface area contributed by atoms with Crippen LogP contribution in [0, 0.1) is 0 Å². The first-order valence-corrected chi connectivity index (χ1v) is 12.0. The zero-order valence-corrected chi connectivity index (χ0v) is 18.3. The summed E-state index contributed by atoms with van der Waals surface area (Å²) in [5.74, 6) is 1.42. The lowest BCUT2D eigenvalue weighted by Crippen LogP contribution is -2.35. The van der Waals surface area contributed by atoms with Crippen LogP contribution in [-0.4, -0.2) is 57.5 Å². The summed E-state index contributed by atoms with van der Waals surface area (Å²) in [5.41, 5.74) is 0.936. The number of amides is 1. The van der Waals surface area contributed by atoms with E-state index in [2.05, 4.69) is 15.1 Å². The number of carbonyl (C=O) groups excluding carboxylic acids is 1. The van der Waals surface area contributed by atoms with E-state index in [0.717, 1.165) is 55.8 Å². The SMILES string of the molecule is O=C(CSc1nnc(N2CCCC2)n1-c1cccc(Cl)c1)N1CCCCCCC1. The number of nitrogens with zero attached hydrogens (tertiary/aromatic N) is 5. The maximum atomic E-state index is 12.8. The van der Waals surface area contributed by atoms with E-state index in [9.17, 15) is 4.79 Å². The van der Waals surface area contributed by atoms with Gasteiger partial charge in [-0.3, -0.25) is 9.36 Å². The molecule has 0 bridgehead atoms. The van der Waals surface area contributed by atoms with E-state index < -0.39 is 0 Å². The highest BCUT2D eigenvalue weighted by atomic mass is 35.5. The van der Waals surface area contributed by atoms with Crippen LogP contribution in [0.4, 0.5) is 5.95 Å². The molecule has 2 fully saturated rings. The van der Waals surface area contributed by atoms with Gasteiger partial charge in [-0.1, -0.05) is 48.7 Å². The molecule has 156 valence electrons. The van der Waals surface area contributed by atoms with Crippen LogP contribution in [0.5, 0.6) is 0 Å². The molecule has 1 aromatic carbocycles. The van der Waals surface area contributed by atoms with Gasteiger partial charge in [-0.25, -0.2) is 0 Å². The van der Waals surface area contributed by atoms with Gasteiger partial charge in [-0.2, -0.15) is 0 Å². The Kier molecular flexibility index (Phi) is 6.98. The zero-order chi connectivity index (χ0) is 20.1. The Bertz CT molecular complexity index is 828. The predicted molar refractivity (Wildman–Crippen MR) is 118 cm³/mol. The first-order valence-electron chi connectivity index (χ1n) is 10.6. The standard InChI is InChI=1S/C21H28ClN5OS/c22-17-9-8-10-18(15-17)27-20(26-13-6-7-14-26)23-24-21(27)29-16-19(28)25-11-4-2-1-3-5-12-25/h8-10,15H,1-7,11-14,16H2. The average molecular weight is 434 g/mol. The van der Waals surface area contributed by atoms with Gasteiger partial charge in [0.15, 0.2) is 5.16 Å². The van der Waals surface area contributed by atoms with Gasteiger partial charge in [-0.05, 0) is 43.9 Å². The molecule has 1 amide bonds. The molecule has 8 heteroatoms. The quantitative estimate of drug-likeness (QED) is 0.654. The van der Waals surface area contributed by atoms with Crippen molar-refractivity contribution in [2.24, 2.45) is 0 Å². The molecular formula is C21H28ClN5OS. The van der Waals surface area contributed by atoms with Crippen LogP contribution < -0.4 is 4.90 Å². The summed E-state index contributed by atoms with van der Waals surface area (Å²) in [6.45, 7) is 3.71. The third-order valence-electron chi connectivity index (χ3n) is 5.61. The van der Waals surface area contributed by atoms with Gasteiger partial charge in [0.1, 0.15) is 0 Å². The summed E-state index contributed by atoms with van der Waals surface area (Å²) in [5, 5.41) is 10.3. The molecular weight excluding hydrogens is 406 g/mol. The normalized spacial score (nSPS) is 18.0. The number of aromatic nitrogens is 3. The molecule has 1 aromatic heterocycles. The first-order chi connectivity index (χ1) is 14.2. The number of hydrogen-bond donors (Lipinski definition) is 0. The second-order valence-electron chi connectivity index (χ2n) is 7.73. The molecule has 0 unspecified atom stereocenters. The number of thioether (sulfide) groups is 1. The lowest BCUT2D eigenvalue weighted by Gasteiger charge is -2.24. The Morgan fingerprint density at radius 3 is 2.38 bits per heavy atom. The Hall–Kier alpha value is -1.73. The van der Waals surface area contributed by atoms with Crippen LogP contribution >= 0.6 is 23.4 Å². The molecule has 2 aliphatic heterocycles. The molecule has 3 heterocycles. The van der Waals surface area contributed by atoms with Gasteiger partial charge in [0.05, 0.1) is 11.4 Å². The number of halogens is 1. The van der Waals surface area contributed by atoms with Crippen LogP contribution in [-0.2, 0) is 4.79 Å². The highest BCUT2D eigenvalue weighted by molar-refractivity contribution is 7.99. The summed E-state index contributed by atoms with van der Waals surface area (Å²) in [6, 6.07) is 7.74. The van der Waals surface area contributed by atoms with Gasteiger partial charge in [0.2, 0.25) is 11.9 Å². The fourth-order valence-corrected chi connectivity index (χ4v) is 5.07. The van der Waals surface area contributed by atoms with Crippen molar-refractivity contribution in [1.82, 2.24) is 19.7 Å². The van der Waals surface area contributed by atoms with Crippen molar-refractivity contribution < 1.29 is 4.79 Å². The largest absolute Gasteiger partial charge is 0.342 e. The van der Waals surface area contributed by atoms with E-state index in [1.54, 1.807) is 0 Å². The highest BCUT2D eigenvalue weighted by Gasteiger charge is 2.24. The van der Waals surface area contributed by atoms with Crippen LogP contribution in [0.25, 0.3) is 5.69 Å². The molecule has 4 rings (SSSR count). The summed E-state index contributed by atoms with van der Waals surface area (Å²) >= 11 is 7.72. The molecule has 0 atom stereocenters. The number of carbonyl (C=O) groups is 1. The van der Waals surface area contributed by atoms with Crippen molar-refractivity contribution in [2.45, 2.75) is 50.1 Å². The highest BCUT2D eigenvalue weighted by Crippen LogP contribution is 2.30. The van der Waals surface area contributed by atoms with Crippen LogP contribution in [0.3, 0.4) is 0 Å². The first kappa shape index (κ1) is 20.5. The third-order valence-corrected chi connectivity index (χ3v) is 6.75. The maximum absolute atomic E-state index is 12.8. The van der Waals surface area contributed by atoms with Crippen molar-refractivity contribution in [3.8, 4) is 5.69 Å². The minimum Gasteiger partial charge on any atom is -0.342 e. The summed E-state index contributed by atoms with van der Waals surface area (Å²) < 4.78 is 2.04. The number of benzene rings is 1. The van der Waals surface area contributed by atoms with Gasteiger partial charge < -0.3 is 9.80 Å². The summed E-state index contributed by atoms with van der Waals surface area (Å²) in [4.78, 5) is 17.1. The smallest absolute Gasteiger partial charge is 0.233 e. The molecule has 6 nitrogen and oxygen atoms in total. The second kappa shape index (κ2) is 9.85. The minimum absolute atomic E-state index is 0.195. The number of rotatable bonds is 5.